The van der Waals surface area contributed by atoms with Crippen molar-refractivity contribution in [2.75, 3.05) is 19.8 Å². The fourth-order valence-electron chi connectivity index (χ4n) is 1.78. The number of hydrogen-bond donors (Lipinski definition) is 1. The van der Waals surface area contributed by atoms with Crippen LogP contribution in [0.1, 0.15) is 6.42 Å². The number of morpholine rings is 1. The monoisotopic (exact) mass is 157 g/mol. The average Bonchev–Trinajstić information content (AvgIpc) is 1.93. The number of aliphatic hydroxyl groups excluding tert-OH is 1. The van der Waals surface area contributed by atoms with Gasteiger partial charge in [0, 0.05) is 0 Å². The van der Waals surface area contributed by atoms with E-state index in [9.17, 15) is 4.79 Å². The van der Waals surface area contributed by atoms with Crippen molar-refractivity contribution >= 4 is 5.91 Å². The smallest absolute Gasteiger partial charge is 0.249 e. The molecule has 2 heterocycles. The maximum absolute atomic E-state index is 11.1. The van der Waals surface area contributed by atoms with Gasteiger partial charge in [-0.3, -0.25) is 4.79 Å². The second kappa shape index (κ2) is 2.46. The van der Waals surface area contributed by atoms with Gasteiger partial charge in [0.2, 0.25) is 5.91 Å². The van der Waals surface area contributed by atoms with Crippen LogP contribution in [0, 0.1) is 0 Å². The molecule has 11 heavy (non-hydrogen) atoms. The number of fused-ring (bicyclic) bond motifs is 1. The van der Waals surface area contributed by atoms with E-state index in [2.05, 4.69) is 0 Å². The highest BCUT2D eigenvalue weighted by atomic mass is 16.5. The van der Waals surface area contributed by atoms with Gasteiger partial charge in [0.25, 0.3) is 0 Å². The van der Waals surface area contributed by atoms with Gasteiger partial charge in [-0.2, -0.15) is 0 Å². The first-order valence-electron chi connectivity index (χ1n) is 3.82. The lowest BCUT2D eigenvalue weighted by Crippen LogP contribution is -2.65. The molecule has 1 N–H and O–H groups in total. The summed E-state index contributed by atoms with van der Waals surface area (Å²) in [6.45, 7) is 0.914. The molecule has 0 unspecified atom stereocenters. The van der Waals surface area contributed by atoms with Crippen LogP contribution in [0.5, 0.6) is 0 Å². The zero-order valence-corrected chi connectivity index (χ0v) is 6.19. The zero-order valence-electron chi connectivity index (χ0n) is 6.19. The van der Waals surface area contributed by atoms with Gasteiger partial charge in [-0.05, 0) is 6.42 Å². The summed E-state index contributed by atoms with van der Waals surface area (Å²) in [5.41, 5.74) is 0. The molecule has 0 aliphatic carbocycles. The number of nitrogens with zero attached hydrogens (tertiary/aromatic N) is 1. The summed E-state index contributed by atoms with van der Waals surface area (Å²) >= 11 is 0. The highest BCUT2D eigenvalue weighted by Crippen LogP contribution is 2.28. The molecule has 2 aliphatic rings. The molecule has 0 aromatic carbocycles. The van der Waals surface area contributed by atoms with E-state index in [1.165, 1.54) is 0 Å². The normalized spacial score (nSPS) is 36.5. The minimum absolute atomic E-state index is 0.0200. The number of aliphatic hydroxyl groups is 1. The number of amides is 1. The third-order valence-electron chi connectivity index (χ3n) is 2.37. The predicted molar refractivity (Wildman–Crippen MR) is 36.9 cm³/mol. The Balaban J connectivity index is 2.02. The van der Waals surface area contributed by atoms with Crippen molar-refractivity contribution in [2.24, 2.45) is 0 Å². The van der Waals surface area contributed by atoms with Crippen molar-refractivity contribution in [3.05, 3.63) is 0 Å². The summed E-state index contributed by atoms with van der Waals surface area (Å²) in [5.74, 6) is 0.0200. The second-order valence-electron chi connectivity index (χ2n) is 3.04. The summed E-state index contributed by atoms with van der Waals surface area (Å²) in [6, 6.07) is 0.310. The van der Waals surface area contributed by atoms with E-state index in [1.54, 1.807) is 4.90 Å². The van der Waals surface area contributed by atoms with Gasteiger partial charge >= 0.3 is 0 Å². The first-order valence-corrected chi connectivity index (χ1v) is 3.82. The topological polar surface area (TPSA) is 49.8 Å². The molecular weight excluding hydrogens is 146 g/mol. The third kappa shape index (κ3) is 0.937. The molecule has 2 rings (SSSR count). The summed E-state index contributed by atoms with van der Waals surface area (Å²) in [4.78, 5) is 12.9. The first kappa shape index (κ1) is 7.06. The Morgan fingerprint density at radius 3 is 3.18 bits per heavy atom. The van der Waals surface area contributed by atoms with Gasteiger partial charge in [0.05, 0.1) is 25.3 Å². The van der Waals surface area contributed by atoms with Crippen molar-refractivity contribution in [3.8, 4) is 0 Å². The molecule has 2 saturated heterocycles. The van der Waals surface area contributed by atoms with Crippen molar-refractivity contribution in [2.45, 2.75) is 18.5 Å². The maximum atomic E-state index is 11.1. The van der Waals surface area contributed by atoms with Crippen LogP contribution in [0.2, 0.25) is 0 Å². The summed E-state index contributed by atoms with van der Waals surface area (Å²) in [6.07, 6.45) is 0.891. The van der Waals surface area contributed by atoms with Crippen LogP contribution >= 0.6 is 0 Å². The van der Waals surface area contributed by atoms with Crippen LogP contribution in [0.25, 0.3) is 0 Å². The number of ether oxygens (including phenoxy) is 1. The van der Waals surface area contributed by atoms with E-state index >= 15 is 0 Å². The van der Waals surface area contributed by atoms with Crippen molar-refractivity contribution in [3.63, 3.8) is 0 Å². The maximum Gasteiger partial charge on any atom is 0.249 e. The molecule has 0 aromatic rings. The molecule has 0 bridgehead atoms. The largest absolute Gasteiger partial charge is 0.394 e. The zero-order chi connectivity index (χ0) is 7.84. The Morgan fingerprint density at radius 1 is 1.73 bits per heavy atom. The van der Waals surface area contributed by atoms with E-state index in [0.29, 0.717) is 6.61 Å². The fraction of sp³-hybridized carbons (Fsp3) is 0.857. The second-order valence-corrected chi connectivity index (χ2v) is 3.04. The van der Waals surface area contributed by atoms with Crippen LogP contribution in [0.3, 0.4) is 0 Å². The van der Waals surface area contributed by atoms with E-state index in [-0.39, 0.29) is 31.2 Å². The van der Waals surface area contributed by atoms with Crippen LogP contribution < -0.4 is 0 Å². The Labute approximate surface area is 64.7 Å². The molecule has 4 heteroatoms. The lowest BCUT2D eigenvalue weighted by atomic mass is 9.93. The summed E-state index contributed by atoms with van der Waals surface area (Å²) in [7, 11) is 0. The van der Waals surface area contributed by atoms with Crippen molar-refractivity contribution < 1.29 is 14.6 Å². The summed E-state index contributed by atoms with van der Waals surface area (Å²) in [5, 5.41) is 8.81. The third-order valence-corrected chi connectivity index (χ3v) is 2.37. The van der Waals surface area contributed by atoms with Gasteiger partial charge in [-0.15, -0.1) is 0 Å². The molecule has 0 aromatic heterocycles. The van der Waals surface area contributed by atoms with E-state index in [0.717, 1.165) is 6.42 Å². The molecule has 62 valence electrons. The highest BCUT2D eigenvalue weighted by Gasteiger charge is 2.43. The Hall–Kier alpha value is -0.610. The average molecular weight is 157 g/mol. The Morgan fingerprint density at radius 2 is 2.55 bits per heavy atom. The van der Waals surface area contributed by atoms with Crippen LogP contribution in [0.4, 0.5) is 0 Å². The SMILES string of the molecule is O=C1COC[C@@H]2C[C@@H](CO)N12. The van der Waals surface area contributed by atoms with Gasteiger partial charge in [-0.25, -0.2) is 0 Å². The van der Waals surface area contributed by atoms with Crippen LogP contribution in [0.15, 0.2) is 0 Å². The standard InChI is InChI=1S/C7H11NO3/c9-2-5-1-6-3-11-4-7(10)8(5)6/h5-6,9H,1-4H2/t5-,6-/m0/s1. The van der Waals surface area contributed by atoms with Crippen LogP contribution in [-0.2, 0) is 9.53 Å². The molecule has 2 fully saturated rings. The molecule has 0 radical (unpaired) electrons. The molecule has 0 spiro atoms. The fourth-order valence-corrected chi connectivity index (χ4v) is 1.78. The quantitative estimate of drug-likeness (QED) is 0.530. The summed E-state index contributed by atoms with van der Waals surface area (Å²) < 4.78 is 5.04. The van der Waals surface area contributed by atoms with E-state index in [4.69, 9.17) is 9.84 Å². The number of rotatable bonds is 1. The lowest BCUT2D eigenvalue weighted by molar-refractivity contribution is -0.169. The lowest BCUT2D eigenvalue weighted by Gasteiger charge is -2.50. The minimum Gasteiger partial charge on any atom is -0.394 e. The molecule has 1 amide bonds. The van der Waals surface area contributed by atoms with Gasteiger partial charge in [0.1, 0.15) is 6.61 Å². The highest BCUT2D eigenvalue weighted by molar-refractivity contribution is 5.79. The van der Waals surface area contributed by atoms with Gasteiger partial charge in [0.15, 0.2) is 0 Å². The predicted octanol–water partition coefficient (Wildman–Crippen LogP) is -1.02. The van der Waals surface area contributed by atoms with E-state index < -0.39 is 0 Å². The van der Waals surface area contributed by atoms with Gasteiger partial charge in [-0.1, -0.05) is 0 Å². The van der Waals surface area contributed by atoms with Crippen molar-refractivity contribution in [1.29, 1.82) is 0 Å². The minimum atomic E-state index is 0.0200. The molecule has 2 atom stereocenters. The number of hydrogen-bond acceptors (Lipinski definition) is 3. The molecular formula is C7H11NO3. The number of carbonyl (C=O) groups excluding carboxylic acids is 1. The molecule has 4 nitrogen and oxygen atoms in total. The first-order chi connectivity index (χ1) is 5.33. The van der Waals surface area contributed by atoms with Crippen LogP contribution in [-0.4, -0.2) is 47.8 Å². The van der Waals surface area contributed by atoms with E-state index in [1.807, 2.05) is 0 Å². The Bertz CT molecular complexity index is 179. The van der Waals surface area contributed by atoms with Gasteiger partial charge < -0.3 is 14.7 Å². The number of carbonyl (C=O) groups is 1. The Kier molecular flexibility index (Phi) is 1.58. The van der Waals surface area contributed by atoms with Crippen molar-refractivity contribution in [1.82, 2.24) is 4.90 Å². The molecule has 0 saturated carbocycles. The molecule has 2 aliphatic heterocycles.